The molecule has 3 aromatic carbocycles. The molecule has 3 N–H and O–H groups in total. The van der Waals surface area contributed by atoms with Gasteiger partial charge in [0.15, 0.2) is 0 Å². The number of aliphatic carboxylic acids is 1. The van der Waals surface area contributed by atoms with Crippen molar-refractivity contribution in [2.75, 3.05) is 19.5 Å². The van der Waals surface area contributed by atoms with Gasteiger partial charge in [-0.3, -0.25) is 10.3 Å². The molecule has 0 radical (unpaired) electrons. The molecule has 0 aliphatic carbocycles. The van der Waals surface area contributed by atoms with Crippen molar-refractivity contribution in [2.24, 2.45) is 5.73 Å². The molecule has 0 spiro atoms. The Labute approximate surface area is 187 Å². The normalized spacial score (nSPS) is 12.1. The number of benzene rings is 3. The number of rotatable bonds is 5. The maximum atomic E-state index is 8.89. The minimum Gasteiger partial charge on any atom is -0.550 e. The first-order chi connectivity index (χ1) is 15.4. The number of anilines is 1. The first-order valence-electron chi connectivity index (χ1n) is 10.1. The van der Waals surface area contributed by atoms with E-state index in [0.717, 1.165) is 29.7 Å². The van der Waals surface area contributed by atoms with Crippen molar-refractivity contribution in [3.8, 4) is 22.6 Å². The standard InChI is InChI=1S/C23H23N3O2.C2H4O2/c1-27-21-9-6-10-22(28-2)19(21)15-26-14-18-12-11-17(13-20(18)25-23(26)24)16-7-4-3-5-8-16;1-2(3)4/h3-13H,14-15H2,1-2H3,(H2,24,25);1H3,(H,3,4). The van der Waals surface area contributed by atoms with E-state index in [1.165, 1.54) is 16.7 Å². The fraction of sp³-hybridized carbons (Fsp3) is 0.200. The molecule has 1 heterocycles. The van der Waals surface area contributed by atoms with Crippen molar-refractivity contribution < 1.29 is 24.0 Å². The number of methoxy groups -OCH3 is 2. The molecule has 7 heteroatoms. The predicted molar refractivity (Wildman–Crippen MR) is 123 cm³/mol. The molecule has 0 amide bonds. The van der Waals surface area contributed by atoms with Gasteiger partial charge in [0.05, 0.1) is 32.9 Å². The van der Waals surface area contributed by atoms with E-state index in [1.807, 2.05) is 36.4 Å². The Morgan fingerprint density at radius 3 is 2.22 bits per heavy atom. The van der Waals surface area contributed by atoms with E-state index in [4.69, 9.17) is 25.1 Å². The maximum Gasteiger partial charge on any atom is 0.348 e. The number of nitrogens with zero attached hydrogens (tertiary/aromatic N) is 1. The number of guanidine groups is 1. The summed E-state index contributed by atoms with van der Waals surface area (Å²) in [4.78, 5) is 8.89. The highest BCUT2D eigenvalue weighted by atomic mass is 16.5. The summed E-state index contributed by atoms with van der Waals surface area (Å²) < 4.78 is 13.1. The average molecular weight is 434 g/mol. The molecule has 0 saturated heterocycles. The van der Waals surface area contributed by atoms with Crippen LogP contribution in [0.3, 0.4) is 0 Å². The fourth-order valence-electron chi connectivity index (χ4n) is 3.56. The molecule has 1 aliphatic rings. The lowest BCUT2D eigenvalue weighted by molar-refractivity contribution is -0.562. The Morgan fingerprint density at radius 1 is 1.00 bits per heavy atom. The number of hydrogen-bond donors (Lipinski definition) is 2. The summed E-state index contributed by atoms with van der Waals surface area (Å²) in [5.74, 6) is 1.11. The third kappa shape index (κ3) is 5.37. The van der Waals surface area contributed by atoms with Gasteiger partial charge in [-0.05, 0) is 36.2 Å². The van der Waals surface area contributed by atoms with Crippen LogP contribution < -0.4 is 25.6 Å². The Bertz CT molecular complexity index is 1100. The summed E-state index contributed by atoms with van der Waals surface area (Å²) in [6, 6.07) is 22.6. The number of fused-ring (bicyclic) bond motifs is 1. The topological polar surface area (TPSA) is 99.7 Å². The molecule has 0 fully saturated rings. The van der Waals surface area contributed by atoms with E-state index < -0.39 is 5.97 Å². The second-order valence-electron chi connectivity index (χ2n) is 7.24. The van der Waals surface area contributed by atoms with Crippen LogP contribution in [0.4, 0.5) is 5.69 Å². The highest BCUT2D eigenvalue weighted by Gasteiger charge is 2.23. The maximum absolute atomic E-state index is 8.89. The van der Waals surface area contributed by atoms with Crippen molar-refractivity contribution in [2.45, 2.75) is 20.0 Å². The number of carboxylic acids is 1. The van der Waals surface area contributed by atoms with E-state index in [0.29, 0.717) is 19.0 Å². The van der Waals surface area contributed by atoms with Crippen molar-refractivity contribution in [3.63, 3.8) is 0 Å². The van der Waals surface area contributed by atoms with Crippen molar-refractivity contribution in [1.82, 2.24) is 0 Å². The van der Waals surface area contributed by atoms with Crippen LogP contribution in [0.2, 0.25) is 0 Å². The van der Waals surface area contributed by atoms with E-state index in [2.05, 4.69) is 40.2 Å². The Kier molecular flexibility index (Phi) is 7.33. The number of carbonyl (C=O) groups is 1. The molecule has 0 bridgehead atoms. The molecule has 1 aliphatic heterocycles. The highest BCUT2D eigenvalue weighted by Crippen LogP contribution is 2.31. The summed E-state index contributed by atoms with van der Waals surface area (Å²) in [5, 5.41) is 12.2. The van der Waals surface area contributed by atoms with Crippen molar-refractivity contribution >= 4 is 17.6 Å². The predicted octanol–water partition coefficient (Wildman–Crippen LogP) is 2.58. The van der Waals surface area contributed by atoms with Crippen LogP contribution in [0.15, 0.2) is 66.7 Å². The molecule has 0 saturated carbocycles. The Morgan fingerprint density at radius 2 is 1.62 bits per heavy atom. The smallest absolute Gasteiger partial charge is 0.348 e. The van der Waals surface area contributed by atoms with Gasteiger partial charge in [0.1, 0.15) is 17.2 Å². The molecule has 166 valence electrons. The summed E-state index contributed by atoms with van der Waals surface area (Å²) >= 11 is 0. The second kappa shape index (κ2) is 10.3. The SMILES string of the molecule is CC(=O)[O-].COc1cccc(OC)c1C[N+]1=C(N)Nc2cc(-c3ccccc3)ccc2C1. The van der Waals surface area contributed by atoms with Crippen LogP contribution in [0.1, 0.15) is 18.1 Å². The lowest BCUT2D eigenvalue weighted by atomic mass is 10.0. The largest absolute Gasteiger partial charge is 0.550 e. The molecule has 0 unspecified atom stereocenters. The third-order valence-electron chi connectivity index (χ3n) is 5.06. The summed E-state index contributed by atoms with van der Waals surface area (Å²) in [5.41, 5.74) is 11.9. The molecular formula is C25H27N3O4. The van der Waals surface area contributed by atoms with Gasteiger partial charge >= 0.3 is 5.96 Å². The second-order valence-corrected chi connectivity index (χ2v) is 7.24. The van der Waals surface area contributed by atoms with E-state index >= 15 is 0 Å². The zero-order valence-corrected chi connectivity index (χ0v) is 18.4. The molecule has 0 aromatic heterocycles. The summed E-state index contributed by atoms with van der Waals surface area (Å²) in [6.45, 7) is 2.27. The van der Waals surface area contributed by atoms with Crippen LogP contribution in [-0.4, -0.2) is 30.7 Å². The Hall–Kier alpha value is -4.00. The highest BCUT2D eigenvalue weighted by molar-refractivity contribution is 5.91. The lowest BCUT2D eigenvalue weighted by Crippen LogP contribution is -2.38. The Balaban J connectivity index is 0.000000668. The monoisotopic (exact) mass is 433 g/mol. The fourth-order valence-corrected chi connectivity index (χ4v) is 3.56. The van der Waals surface area contributed by atoms with Crippen LogP contribution in [0.5, 0.6) is 11.5 Å². The minimum absolute atomic E-state index is 0.589. The molecule has 3 aromatic rings. The van der Waals surface area contributed by atoms with Gasteiger partial charge in [0, 0.05) is 11.5 Å². The third-order valence-corrected chi connectivity index (χ3v) is 5.06. The van der Waals surface area contributed by atoms with Gasteiger partial charge < -0.3 is 19.4 Å². The summed E-state index contributed by atoms with van der Waals surface area (Å²) in [6.07, 6.45) is 0. The quantitative estimate of drug-likeness (QED) is 0.600. The number of ether oxygens (including phenoxy) is 2. The number of carboxylic acid groups (broad SMARTS) is 1. The van der Waals surface area contributed by atoms with Crippen LogP contribution in [0.25, 0.3) is 11.1 Å². The van der Waals surface area contributed by atoms with Crippen LogP contribution >= 0.6 is 0 Å². The zero-order chi connectivity index (χ0) is 23.1. The molecule has 4 rings (SSSR count). The van der Waals surface area contributed by atoms with E-state index in [9.17, 15) is 0 Å². The number of hydrogen-bond acceptors (Lipinski definition) is 6. The van der Waals surface area contributed by atoms with E-state index in [-0.39, 0.29) is 0 Å². The van der Waals surface area contributed by atoms with Crippen LogP contribution in [-0.2, 0) is 17.9 Å². The number of carbonyl (C=O) groups excluding carboxylic acids is 1. The molecule has 7 nitrogen and oxygen atoms in total. The average Bonchev–Trinajstić information content (AvgIpc) is 2.79. The van der Waals surface area contributed by atoms with Crippen molar-refractivity contribution in [1.29, 1.82) is 0 Å². The van der Waals surface area contributed by atoms with Gasteiger partial charge in [0.2, 0.25) is 0 Å². The van der Waals surface area contributed by atoms with Crippen LogP contribution in [0, 0.1) is 0 Å². The first kappa shape index (κ1) is 22.7. The van der Waals surface area contributed by atoms with Gasteiger partial charge in [-0.15, -0.1) is 0 Å². The number of nitrogens with two attached hydrogens (primary N) is 1. The number of nitrogens with one attached hydrogen (secondary N) is 1. The lowest BCUT2D eigenvalue weighted by Gasteiger charge is -2.21. The minimum atomic E-state index is -1.08. The molecular weight excluding hydrogens is 406 g/mol. The van der Waals surface area contributed by atoms with Gasteiger partial charge in [-0.1, -0.05) is 48.5 Å². The van der Waals surface area contributed by atoms with Gasteiger partial charge in [0.25, 0.3) is 0 Å². The van der Waals surface area contributed by atoms with Gasteiger partial charge in [-0.2, -0.15) is 0 Å². The summed E-state index contributed by atoms with van der Waals surface area (Å²) in [7, 11) is 3.33. The van der Waals surface area contributed by atoms with E-state index in [1.54, 1.807) is 14.2 Å². The van der Waals surface area contributed by atoms with Crippen molar-refractivity contribution in [3.05, 3.63) is 77.9 Å². The molecule has 0 atom stereocenters. The zero-order valence-electron chi connectivity index (χ0n) is 18.4. The van der Waals surface area contributed by atoms with Gasteiger partial charge in [-0.25, -0.2) is 5.32 Å². The first-order valence-corrected chi connectivity index (χ1v) is 10.1. The molecule has 32 heavy (non-hydrogen) atoms.